The van der Waals surface area contributed by atoms with Crippen LogP contribution < -0.4 is 5.32 Å². The molecule has 4 aromatic rings. The number of aromatic nitrogens is 4. The van der Waals surface area contributed by atoms with Crippen molar-refractivity contribution in [2.75, 3.05) is 5.32 Å². The van der Waals surface area contributed by atoms with Crippen LogP contribution in [0.15, 0.2) is 54.6 Å². The topological polar surface area (TPSA) is 72.7 Å². The minimum absolute atomic E-state index is 0.100. The molecule has 0 fully saturated rings. The highest BCUT2D eigenvalue weighted by molar-refractivity contribution is 6.04. The van der Waals surface area contributed by atoms with Crippen LogP contribution in [0.2, 0.25) is 0 Å². The molecular formula is C21H21N5O. The molecular weight excluding hydrogens is 338 g/mol. The van der Waals surface area contributed by atoms with E-state index in [1.165, 1.54) is 5.56 Å². The standard InChI is InChI=1S/C21H21N5O/c1-14(2)12-18(27)22-21-23-20-19(24-25-21)16-10-6-7-11-17(16)26(20)13-15-8-4-3-5-9-15/h3-11,14H,12-13H2,1-2H3,(H,22,23,25,27). The summed E-state index contributed by atoms with van der Waals surface area (Å²) < 4.78 is 2.12. The van der Waals surface area contributed by atoms with E-state index in [4.69, 9.17) is 0 Å². The SMILES string of the molecule is CC(C)CC(=O)Nc1nnc2c3ccccc3n(Cc3ccccc3)c2n1. The van der Waals surface area contributed by atoms with Gasteiger partial charge in [0.1, 0.15) is 5.52 Å². The molecule has 136 valence electrons. The number of para-hydroxylation sites is 1. The van der Waals surface area contributed by atoms with Gasteiger partial charge in [0.25, 0.3) is 5.95 Å². The lowest BCUT2D eigenvalue weighted by Gasteiger charge is -2.08. The van der Waals surface area contributed by atoms with Crippen molar-refractivity contribution in [3.63, 3.8) is 0 Å². The molecule has 4 rings (SSSR count). The van der Waals surface area contributed by atoms with Gasteiger partial charge in [-0.05, 0) is 17.5 Å². The quantitative estimate of drug-likeness (QED) is 0.584. The smallest absolute Gasteiger partial charge is 0.251 e. The third kappa shape index (κ3) is 3.51. The number of rotatable bonds is 5. The number of hydrogen-bond donors (Lipinski definition) is 1. The molecule has 0 atom stereocenters. The van der Waals surface area contributed by atoms with Crippen molar-refractivity contribution in [3.8, 4) is 0 Å². The van der Waals surface area contributed by atoms with Crippen molar-refractivity contribution in [3.05, 3.63) is 60.2 Å². The molecule has 0 unspecified atom stereocenters. The van der Waals surface area contributed by atoms with Crippen LogP contribution in [0.5, 0.6) is 0 Å². The van der Waals surface area contributed by atoms with E-state index < -0.39 is 0 Å². The van der Waals surface area contributed by atoms with Crippen LogP contribution >= 0.6 is 0 Å². The Bertz CT molecular complexity index is 1100. The molecule has 0 saturated heterocycles. The summed E-state index contributed by atoms with van der Waals surface area (Å²) in [5.41, 5.74) is 3.67. The monoisotopic (exact) mass is 359 g/mol. The highest BCUT2D eigenvalue weighted by Gasteiger charge is 2.16. The number of carbonyl (C=O) groups is 1. The maximum atomic E-state index is 12.1. The normalized spacial score (nSPS) is 11.4. The van der Waals surface area contributed by atoms with E-state index in [0.29, 0.717) is 13.0 Å². The number of anilines is 1. The Balaban J connectivity index is 1.80. The molecule has 2 aromatic heterocycles. The lowest BCUT2D eigenvalue weighted by molar-refractivity contribution is -0.116. The third-order valence-corrected chi connectivity index (χ3v) is 4.40. The Morgan fingerprint density at radius 2 is 1.78 bits per heavy atom. The predicted octanol–water partition coefficient (Wildman–Crippen LogP) is 4.01. The number of amides is 1. The third-order valence-electron chi connectivity index (χ3n) is 4.40. The van der Waals surface area contributed by atoms with Crippen molar-refractivity contribution in [1.82, 2.24) is 19.7 Å². The molecule has 0 spiro atoms. The molecule has 1 amide bonds. The van der Waals surface area contributed by atoms with Gasteiger partial charge in [0.05, 0.1) is 5.52 Å². The summed E-state index contributed by atoms with van der Waals surface area (Å²) in [6.45, 7) is 4.67. The van der Waals surface area contributed by atoms with Gasteiger partial charge in [0.15, 0.2) is 5.65 Å². The number of carbonyl (C=O) groups excluding carboxylic acids is 1. The van der Waals surface area contributed by atoms with Gasteiger partial charge in [-0.3, -0.25) is 10.1 Å². The van der Waals surface area contributed by atoms with Crippen molar-refractivity contribution in [2.24, 2.45) is 5.92 Å². The fourth-order valence-electron chi connectivity index (χ4n) is 3.23. The summed E-state index contributed by atoms with van der Waals surface area (Å²) in [5.74, 6) is 0.411. The van der Waals surface area contributed by atoms with Crippen LogP contribution in [0.25, 0.3) is 22.1 Å². The van der Waals surface area contributed by atoms with Crippen molar-refractivity contribution < 1.29 is 4.79 Å². The Kier molecular flexibility index (Phi) is 4.54. The average molecular weight is 359 g/mol. The zero-order chi connectivity index (χ0) is 18.8. The maximum absolute atomic E-state index is 12.1. The largest absolute Gasteiger partial charge is 0.319 e. The van der Waals surface area contributed by atoms with Crippen molar-refractivity contribution in [1.29, 1.82) is 0 Å². The molecule has 27 heavy (non-hydrogen) atoms. The first-order valence-electron chi connectivity index (χ1n) is 9.07. The number of benzene rings is 2. The van der Waals surface area contributed by atoms with E-state index in [0.717, 1.165) is 22.1 Å². The molecule has 0 bridgehead atoms. The van der Waals surface area contributed by atoms with E-state index in [9.17, 15) is 4.79 Å². The summed E-state index contributed by atoms with van der Waals surface area (Å²) in [6, 6.07) is 18.3. The zero-order valence-corrected chi connectivity index (χ0v) is 15.4. The first-order chi connectivity index (χ1) is 13.1. The van der Waals surface area contributed by atoms with Crippen LogP contribution in [-0.4, -0.2) is 25.7 Å². The van der Waals surface area contributed by atoms with E-state index in [2.05, 4.69) is 43.3 Å². The summed E-state index contributed by atoms with van der Waals surface area (Å²) >= 11 is 0. The van der Waals surface area contributed by atoms with E-state index in [1.807, 2.05) is 50.2 Å². The highest BCUT2D eigenvalue weighted by atomic mass is 16.1. The van der Waals surface area contributed by atoms with E-state index in [-0.39, 0.29) is 17.8 Å². The van der Waals surface area contributed by atoms with Crippen molar-refractivity contribution in [2.45, 2.75) is 26.8 Å². The second-order valence-electron chi connectivity index (χ2n) is 7.04. The van der Waals surface area contributed by atoms with E-state index >= 15 is 0 Å². The molecule has 1 N–H and O–H groups in total. The van der Waals surface area contributed by atoms with Gasteiger partial charge in [0.2, 0.25) is 5.91 Å². The van der Waals surface area contributed by atoms with Gasteiger partial charge in [-0.15, -0.1) is 10.2 Å². The van der Waals surface area contributed by atoms with Gasteiger partial charge in [-0.2, -0.15) is 4.98 Å². The minimum Gasteiger partial charge on any atom is -0.319 e. The molecule has 0 aliphatic rings. The number of fused-ring (bicyclic) bond motifs is 3. The van der Waals surface area contributed by atoms with Crippen LogP contribution in [0.4, 0.5) is 5.95 Å². The van der Waals surface area contributed by atoms with Crippen LogP contribution in [-0.2, 0) is 11.3 Å². The fraction of sp³-hybridized carbons (Fsp3) is 0.238. The maximum Gasteiger partial charge on any atom is 0.251 e. The number of nitrogens with zero attached hydrogens (tertiary/aromatic N) is 4. The lowest BCUT2D eigenvalue weighted by atomic mass is 10.1. The second-order valence-corrected chi connectivity index (χ2v) is 7.04. The minimum atomic E-state index is -0.100. The van der Waals surface area contributed by atoms with Gasteiger partial charge < -0.3 is 4.57 Å². The Labute approximate surface area is 157 Å². The lowest BCUT2D eigenvalue weighted by Crippen LogP contribution is -2.16. The van der Waals surface area contributed by atoms with Gasteiger partial charge >= 0.3 is 0 Å². The molecule has 0 radical (unpaired) electrons. The first-order valence-corrected chi connectivity index (χ1v) is 9.07. The molecule has 0 aliphatic carbocycles. The van der Waals surface area contributed by atoms with Crippen molar-refractivity contribution >= 4 is 33.9 Å². The Hall–Kier alpha value is -3.28. The number of hydrogen-bond acceptors (Lipinski definition) is 4. The Morgan fingerprint density at radius 1 is 1.04 bits per heavy atom. The average Bonchev–Trinajstić information content (AvgIpc) is 2.95. The second kappa shape index (κ2) is 7.15. The fourth-order valence-corrected chi connectivity index (χ4v) is 3.23. The summed E-state index contributed by atoms with van der Waals surface area (Å²) in [4.78, 5) is 16.7. The molecule has 2 aromatic carbocycles. The summed E-state index contributed by atoms with van der Waals surface area (Å²) in [5, 5.41) is 12.2. The van der Waals surface area contributed by atoms with Gasteiger partial charge in [-0.25, -0.2) is 0 Å². The predicted molar refractivity (Wildman–Crippen MR) is 106 cm³/mol. The van der Waals surface area contributed by atoms with Crippen LogP contribution in [0.1, 0.15) is 25.8 Å². The van der Waals surface area contributed by atoms with E-state index in [1.54, 1.807) is 0 Å². The Morgan fingerprint density at radius 3 is 2.56 bits per heavy atom. The van der Waals surface area contributed by atoms with Crippen LogP contribution in [0, 0.1) is 5.92 Å². The summed E-state index contributed by atoms with van der Waals surface area (Å²) in [7, 11) is 0. The highest BCUT2D eigenvalue weighted by Crippen LogP contribution is 2.27. The van der Waals surface area contributed by atoms with Crippen LogP contribution in [0.3, 0.4) is 0 Å². The first kappa shape index (κ1) is 17.1. The molecule has 0 saturated carbocycles. The zero-order valence-electron chi connectivity index (χ0n) is 15.4. The molecule has 6 heteroatoms. The molecule has 2 heterocycles. The number of nitrogens with one attached hydrogen (secondary N) is 1. The molecule has 0 aliphatic heterocycles. The summed E-state index contributed by atoms with van der Waals surface area (Å²) in [6.07, 6.45) is 0.425. The van der Waals surface area contributed by atoms with Gasteiger partial charge in [0, 0.05) is 18.4 Å². The molecule has 6 nitrogen and oxygen atoms in total. The van der Waals surface area contributed by atoms with Gasteiger partial charge in [-0.1, -0.05) is 62.4 Å².